The molecule has 0 aliphatic rings. The number of carbonyl (C=O) groups excluding carboxylic acids is 3. The number of aryl methyl sites for hydroxylation is 1. The third-order valence-electron chi connectivity index (χ3n) is 5.32. The molecule has 0 fully saturated rings. The van der Waals surface area contributed by atoms with Crippen molar-refractivity contribution in [3.05, 3.63) is 71.9 Å². The molecule has 0 saturated carbocycles. The number of urea groups is 1. The lowest BCUT2D eigenvalue weighted by Gasteiger charge is -2.14. The minimum atomic E-state index is -1.26. The normalized spacial score (nSPS) is 11.6. The zero-order valence-corrected chi connectivity index (χ0v) is 19.3. The van der Waals surface area contributed by atoms with Crippen molar-refractivity contribution in [1.82, 2.24) is 20.1 Å². The van der Waals surface area contributed by atoms with Gasteiger partial charge in [0.25, 0.3) is 5.91 Å². The number of benzene rings is 2. The van der Waals surface area contributed by atoms with Gasteiger partial charge in [-0.2, -0.15) is 5.10 Å². The smallest absolute Gasteiger partial charge is 0.339 e. The fourth-order valence-corrected chi connectivity index (χ4v) is 3.61. The van der Waals surface area contributed by atoms with E-state index in [-0.39, 0.29) is 5.56 Å². The van der Waals surface area contributed by atoms with Gasteiger partial charge in [0.15, 0.2) is 11.8 Å². The molecule has 0 aliphatic carbocycles. The number of amides is 3. The number of carbonyl (C=O) groups is 3. The average molecular weight is 473 g/mol. The Balaban J connectivity index is 1.86. The Labute approximate surface area is 200 Å². The fourth-order valence-electron chi connectivity index (χ4n) is 3.61. The molecule has 1 atom stereocenters. The summed E-state index contributed by atoms with van der Waals surface area (Å²) >= 11 is 0. The first kappa shape index (κ1) is 23.4. The van der Waals surface area contributed by atoms with E-state index in [1.54, 1.807) is 36.9 Å². The van der Waals surface area contributed by atoms with E-state index < -0.39 is 24.0 Å². The van der Waals surface area contributed by atoms with E-state index in [2.05, 4.69) is 5.10 Å². The standard InChI is InChI=1S/C25H23N5O5/c1-14-21-19(24(32)35-15(2)23(31)28-25(26)33)13-20(16-9-11-18(34-3)12-10-16)27-22(21)30(29-14)17-7-5-4-6-8-17/h4-13,15H,1-3H3,(H3,26,28,31,33). The summed E-state index contributed by atoms with van der Waals surface area (Å²) in [6.07, 6.45) is -1.26. The molecular weight excluding hydrogens is 450 g/mol. The largest absolute Gasteiger partial charge is 0.497 e. The van der Waals surface area contributed by atoms with Crippen molar-refractivity contribution in [3.8, 4) is 22.7 Å². The molecule has 178 valence electrons. The van der Waals surface area contributed by atoms with Crippen LogP contribution in [-0.2, 0) is 9.53 Å². The Kier molecular flexibility index (Phi) is 6.45. The van der Waals surface area contributed by atoms with E-state index in [0.717, 1.165) is 11.3 Å². The molecule has 1 unspecified atom stereocenters. The maximum atomic E-state index is 13.2. The maximum absolute atomic E-state index is 13.2. The number of imide groups is 1. The molecule has 2 aromatic heterocycles. The Hall–Kier alpha value is -4.73. The quantitative estimate of drug-likeness (QED) is 0.410. The van der Waals surface area contributed by atoms with Gasteiger partial charge in [0.05, 0.1) is 35.1 Å². The van der Waals surface area contributed by atoms with Crippen molar-refractivity contribution in [2.75, 3.05) is 7.11 Å². The summed E-state index contributed by atoms with van der Waals surface area (Å²) in [4.78, 5) is 41.1. The number of nitrogens with one attached hydrogen (secondary N) is 1. The van der Waals surface area contributed by atoms with E-state index >= 15 is 0 Å². The van der Waals surface area contributed by atoms with Crippen molar-refractivity contribution in [2.24, 2.45) is 5.73 Å². The highest BCUT2D eigenvalue weighted by Gasteiger charge is 2.25. The number of esters is 1. The summed E-state index contributed by atoms with van der Waals surface area (Å²) < 4.78 is 12.2. The van der Waals surface area contributed by atoms with Crippen molar-refractivity contribution in [1.29, 1.82) is 0 Å². The molecule has 0 bridgehead atoms. The number of rotatable bonds is 6. The van der Waals surface area contributed by atoms with Gasteiger partial charge in [-0.05, 0) is 56.3 Å². The van der Waals surface area contributed by atoms with Crippen molar-refractivity contribution < 1.29 is 23.9 Å². The van der Waals surface area contributed by atoms with E-state index in [9.17, 15) is 14.4 Å². The molecule has 10 nitrogen and oxygen atoms in total. The molecule has 0 saturated heterocycles. The van der Waals surface area contributed by atoms with Crippen LogP contribution in [0, 0.1) is 6.92 Å². The minimum Gasteiger partial charge on any atom is -0.497 e. The first-order valence-electron chi connectivity index (χ1n) is 10.7. The van der Waals surface area contributed by atoms with Crippen LogP contribution < -0.4 is 15.8 Å². The summed E-state index contributed by atoms with van der Waals surface area (Å²) in [5, 5.41) is 6.99. The fraction of sp³-hybridized carbons (Fsp3) is 0.160. The molecule has 2 heterocycles. The van der Waals surface area contributed by atoms with Crippen molar-refractivity contribution >= 4 is 28.9 Å². The van der Waals surface area contributed by atoms with Crippen LogP contribution in [-0.4, -0.2) is 45.9 Å². The molecule has 0 radical (unpaired) electrons. The van der Waals surface area contributed by atoms with Crippen molar-refractivity contribution in [2.45, 2.75) is 20.0 Å². The summed E-state index contributed by atoms with van der Waals surface area (Å²) in [5.74, 6) is -0.924. The van der Waals surface area contributed by atoms with Crippen LogP contribution >= 0.6 is 0 Å². The molecule has 0 aliphatic heterocycles. The molecule has 4 rings (SSSR count). The Morgan fingerprint density at radius 2 is 1.74 bits per heavy atom. The second-order valence-electron chi connectivity index (χ2n) is 7.72. The number of fused-ring (bicyclic) bond motifs is 1. The van der Waals surface area contributed by atoms with Gasteiger partial charge in [-0.15, -0.1) is 0 Å². The SMILES string of the molecule is COc1ccc(-c2cc(C(=O)OC(C)C(=O)NC(N)=O)c3c(C)nn(-c4ccccc4)c3n2)cc1. The summed E-state index contributed by atoms with van der Waals surface area (Å²) in [7, 11) is 1.57. The van der Waals surface area contributed by atoms with Gasteiger partial charge in [-0.1, -0.05) is 18.2 Å². The lowest BCUT2D eigenvalue weighted by atomic mass is 10.1. The first-order chi connectivity index (χ1) is 16.8. The second kappa shape index (κ2) is 9.64. The Bertz CT molecular complexity index is 1410. The van der Waals surface area contributed by atoms with Crippen LogP contribution in [0.25, 0.3) is 28.0 Å². The summed E-state index contributed by atoms with van der Waals surface area (Å²) in [5.41, 5.74) is 8.17. The number of para-hydroxylation sites is 1. The number of pyridine rings is 1. The van der Waals surface area contributed by atoms with Crippen LogP contribution in [0.15, 0.2) is 60.7 Å². The van der Waals surface area contributed by atoms with Gasteiger partial charge < -0.3 is 15.2 Å². The van der Waals surface area contributed by atoms with Gasteiger partial charge >= 0.3 is 12.0 Å². The topological polar surface area (TPSA) is 138 Å². The zero-order valence-electron chi connectivity index (χ0n) is 19.3. The zero-order chi connectivity index (χ0) is 25.1. The third-order valence-corrected chi connectivity index (χ3v) is 5.32. The highest BCUT2D eigenvalue weighted by Crippen LogP contribution is 2.30. The Morgan fingerprint density at radius 3 is 2.37 bits per heavy atom. The van der Waals surface area contributed by atoms with Crippen LogP contribution in [0.4, 0.5) is 4.79 Å². The van der Waals surface area contributed by atoms with Crippen molar-refractivity contribution in [3.63, 3.8) is 0 Å². The second-order valence-corrected chi connectivity index (χ2v) is 7.72. The van der Waals surface area contributed by atoms with Crippen LogP contribution in [0.5, 0.6) is 5.75 Å². The predicted octanol–water partition coefficient (Wildman–Crippen LogP) is 3.14. The number of hydrogen-bond donors (Lipinski definition) is 2. The number of aromatic nitrogens is 3. The molecule has 3 amide bonds. The molecule has 2 aromatic carbocycles. The third kappa shape index (κ3) is 4.81. The average Bonchev–Trinajstić information content (AvgIpc) is 3.20. The highest BCUT2D eigenvalue weighted by molar-refractivity contribution is 6.06. The lowest BCUT2D eigenvalue weighted by molar-refractivity contribution is -0.127. The predicted molar refractivity (Wildman–Crippen MR) is 128 cm³/mol. The first-order valence-corrected chi connectivity index (χ1v) is 10.7. The van der Waals surface area contributed by atoms with Gasteiger partial charge in [0, 0.05) is 5.56 Å². The number of primary amides is 1. The van der Waals surface area contributed by atoms with Gasteiger partial charge in [0.2, 0.25) is 0 Å². The highest BCUT2D eigenvalue weighted by atomic mass is 16.5. The number of nitrogens with two attached hydrogens (primary N) is 1. The number of methoxy groups -OCH3 is 1. The maximum Gasteiger partial charge on any atom is 0.339 e. The monoisotopic (exact) mass is 473 g/mol. The van der Waals surface area contributed by atoms with Gasteiger partial charge in [-0.3, -0.25) is 10.1 Å². The summed E-state index contributed by atoms with van der Waals surface area (Å²) in [6.45, 7) is 3.11. The van der Waals surface area contributed by atoms with Crippen LogP contribution in [0.2, 0.25) is 0 Å². The van der Waals surface area contributed by atoms with E-state index in [4.69, 9.17) is 20.2 Å². The molecular formula is C25H23N5O5. The van der Waals surface area contributed by atoms with E-state index in [1.807, 2.05) is 47.8 Å². The molecule has 4 aromatic rings. The molecule has 10 heteroatoms. The van der Waals surface area contributed by atoms with E-state index in [0.29, 0.717) is 28.2 Å². The van der Waals surface area contributed by atoms with E-state index in [1.165, 1.54) is 6.92 Å². The van der Waals surface area contributed by atoms with Crippen LogP contribution in [0.3, 0.4) is 0 Å². The molecule has 35 heavy (non-hydrogen) atoms. The lowest BCUT2D eigenvalue weighted by Crippen LogP contribution is -2.42. The van der Waals surface area contributed by atoms with Gasteiger partial charge in [0.1, 0.15) is 5.75 Å². The number of hydrogen-bond acceptors (Lipinski definition) is 7. The number of ether oxygens (including phenoxy) is 2. The Morgan fingerprint density at radius 1 is 1.06 bits per heavy atom. The van der Waals surface area contributed by atoms with Gasteiger partial charge in [-0.25, -0.2) is 19.3 Å². The number of nitrogens with zero attached hydrogens (tertiary/aromatic N) is 3. The minimum absolute atomic E-state index is 0.180. The molecule has 0 spiro atoms. The summed E-state index contributed by atoms with van der Waals surface area (Å²) in [6, 6.07) is 17.2. The van der Waals surface area contributed by atoms with Crippen LogP contribution in [0.1, 0.15) is 23.0 Å². The molecule has 3 N–H and O–H groups in total.